The van der Waals surface area contributed by atoms with E-state index in [1.165, 1.54) is 36.8 Å². The van der Waals surface area contributed by atoms with Crippen molar-refractivity contribution in [2.24, 2.45) is 0 Å². The van der Waals surface area contributed by atoms with Crippen LogP contribution in [-0.2, 0) is 10.8 Å². The second kappa shape index (κ2) is 3.78. The Bertz CT molecular complexity index is 573. The summed E-state index contributed by atoms with van der Waals surface area (Å²) in [6.07, 6.45) is 5.17. The number of hydrogen-bond donors (Lipinski definition) is 2. The topological polar surface area (TPSA) is 52.0 Å². The molecule has 0 unspecified atom stereocenters. The van der Waals surface area contributed by atoms with Gasteiger partial charge < -0.3 is 11.5 Å². The maximum Gasteiger partial charge on any atom is 0.0314 e. The molecule has 2 aromatic carbocycles. The van der Waals surface area contributed by atoms with Gasteiger partial charge in [-0.25, -0.2) is 0 Å². The van der Waals surface area contributed by atoms with Crippen molar-refractivity contribution >= 4 is 11.4 Å². The van der Waals surface area contributed by atoms with Gasteiger partial charge in [-0.05, 0) is 61.1 Å². The Kier molecular flexibility index (Phi) is 2.24. The minimum atomic E-state index is 0.344. The predicted octanol–water partition coefficient (Wildman–Crippen LogP) is 3.61. The van der Waals surface area contributed by atoms with Gasteiger partial charge in [0.2, 0.25) is 0 Å². The zero-order valence-corrected chi connectivity index (χ0v) is 11.6. The fourth-order valence-electron chi connectivity index (χ4n) is 4.44. The molecule has 0 aliphatic heterocycles. The quantitative estimate of drug-likeness (QED) is 0.814. The predicted molar refractivity (Wildman–Crippen MR) is 83.5 cm³/mol. The number of nitrogen functional groups attached to an aromatic ring is 2. The first-order valence-electron chi connectivity index (χ1n) is 7.38. The standard InChI is InChI=1S/C18H20N2/c19-15-5-1-13(2-6-15)17-9-11-18(17,12-10-17)14-3-7-16(20)8-4-14/h1-8H,9-12,19-20H2. The Hall–Kier alpha value is -1.96. The molecule has 0 amide bonds. The molecule has 2 heteroatoms. The molecule has 2 aliphatic carbocycles. The van der Waals surface area contributed by atoms with E-state index in [1.54, 1.807) is 0 Å². The lowest BCUT2D eigenvalue weighted by molar-refractivity contribution is -0.0383. The average molecular weight is 264 g/mol. The number of fused-ring (bicyclic) bond motifs is 1. The van der Waals surface area contributed by atoms with Crippen LogP contribution in [0, 0.1) is 0 Å². The van der Waals surface area contributed by atoms with Gasteiger partial charge in [0, 0.05) is 22.2 Å². The second-order valence-corrected chi connectivity index (χ2v) is 6.41. The molecule has 0 heterocycles. The van der Waals surface area contributed by atoms with Gasteiger partial charge in [-0.15, -0.1) is 0 Å². The molecule has 0 saturated heterocycles. The number of anilines is 2. The van der Waals surface area contributed by atoms with Crippen molar-refractivity contribution in [3.05, 3.63) is 59.7 Å². The summed E-state index contributed by atoms with van der Waals surface area (Å²) in [7, 11) is 0. The van der Waals surface area contributed by atoms with E-state index in [1.807, 2.05) is 24.3 Å². The zero-order valence-electron chi connectivity index (χ0n) is 11.6. The van der Waals surface area contributed by atoms with Crippen molar-refractivity contribution in [3.63, 3.8) is 0 Å². The van der Waals surface area contributed by atoms with Crippen LogP contribution < -0.4 is 11.5 Å². The Labute approximate surface area is 119 Å². The molecule has 2 aliphatic rings. The fraction of sp³-hybridized carbons (Fsp3) is 0.333. The third-order valence-corrected chi connectivity index (χ3v) is 5.80. The lowest BCUT2D eigenvalue weighted by atomic mass is 9.34. The highest BCUT2D eigenvalue weighted by Crippen LogP contribution is 2.71. The molecule has 0 radical (unpaired) electrons. The molecule has 0 spiro atoms. The van der Waals surface area contributed by atoms with Crippen molar-refractivity contribution < 1.29 is 0 Å². The van der Waals surface area contributed by atoms with E-state index in [4.69, 9.17) is 11.5 Å². The summed E-state index contributed by atoms with van der Waals surface area (Å²) >= 11 is 0. The third-order valence-electron chi connectivity index (χ3n) is 5.80. The van der Waals surface area contributed by atoms with Crippen LogP contribution in [0.3, 0.4) is 0 Å². The molecule has 20 heavy (non-hydrogen) atoms. The van der Waals surface area contributed by atoms with Gasteiger partial charge in [0.05, 0.1) is 0 Å². The summed E-state index contributed by atoms with van der Waals surface area (Å²) < 4.78 is 0. The molecule has 0 atom stereocenters. The molecule has 4 N–H and O–H groups in total. The highest BCUT2D eigenvalue weighted by Gasteiger charge is 2.66. The molecular formula is C18H20N2. The molecule has 0 aromatic heterocycles. The molecule has 2 saturated carbocycles. The largest absolute Gasteiger partial charge is 0.399 e. The normalized spacial score (nSPS) is 31.0. The molecule has 2 nitrogen and oxygen atoms in total. The smallest absolute Gasteiger partial charge is 0.0314 e. The fourth-order valence-corrected chi connectivity index (χ4v) is 4.44. The maximum absolute atomic E-state index is 5.83. The van der Waals surface area contributed by atoms with Crippen molar-refractivity contribution in [1.29, 1.82) is 0 Å². The molecule has 2 fully saturated rings. The first-order valence-corrected chi connectivity index (χ1v) is 7.38. The molecule has 4 rings (SSSR count). The van der Waals surface area contributed by atoms with Crippen LogP contribution in [0.5, 0.6) is 0 Å². The van der Waals surface area contributed by atoms with Crippen LogP contribution in [0.15, 0.2) is 48.5 Å². The Morgan fingerprint density at radius 1 is 0.550 bits per heavy atom. The van der Waals surface area contributed by atoms with Crippen LogP contribution in [0.25, 0.3) is 0 Å². The highest BCUT2D eigenvalue weighted by molar-refractivity contribution is 5.52. The van der Waals surface area contributed by atoms with Gasteiger partial charge in [0.15, 0.2) is 0 Å². The van der Waals surface area contributed by atoms with E-state index in [-0.39, 0.29) is 0 Å². The Balaban J connectivity index is 1.76. The minimum absolute atomic E-state index is 0.344. The monoisotopic (exact) mass is 264 g/mol. The minimum Gasteiger partial charge on any atom is -0.399 e. The van der Waals surface area contributed by atoms with E-state index in [0.29, 0.717) is 10.8 Å². The summed E-state index contributed by atoms with van der Waals surface area (Å²) in [5.41, 5.74) is 17.0. The van der Waals surface area contributed by atoms with E-state index in [2.05, 4.69) is 24.3 Å². The van der Waals surface area contributed by atoms with Crippen molar-refractivity contribution in [2.45, 2.75) is 36.5 Å². The Morgan fingerprint density at radius 3 is 1.10 bits per heavy atom. The Morgan fingerprint density at radius 2 is 0.850 bits per heavy atom. The summed E-state index contributed by atoms with van der Waals surface area (Å²) in [6, 6.07) is 17.0. The van der Waals surface area contributed by atoms with Crippen molar-refractivity contribution in [1.82, 2.24) is 0 Å². The average Bonchev–Trinajstić information content (AvgIpc) is 2.45. The van der Waals surface area contributed by atoms with E-state index in [9.17, 15) is 0 Å². The zero-order chi connectivity index (χ0) is 13.8. The lowest BCUT2D eigenvalue weighted by Crippen LogP contribution is -2.65. The van der Waals surface area contributed by atoms with Crippen LogP contribution in [0.1, 0.15) is 36.8 Å². The molecule has 2 aromatic rings. The highest BCUT2D eigenvalue weighted by atomic mass is 14.7. The number of hydrogen-bond acceptors (Lipinski definition) is 2. The summed E-state index contributed by atoms with van der Waals surface area (Å²) in [5, 5.41) is 0. The van der Waals surface area contributed by atoms with Gasteiger partial charge in [-0.3, -0.25) is 0 Å². The summed E-state index contributed by atoms with van der Waals surface area (Å²) in [6.45, 7) is 0. The van der Waals surface area contributed by atoms with Crippen LogP contribution >= 0.6 is 0 Å². The van der Waals surface area contributed by atoms with Crippen molar-refractivity contribution in [3.8, 4) is 0 Å². The lowest BCUT2D eigenvalue weighted by Gasteiger charge is -2.69. The van der Waals surface area contributed by atoms with Gasteiger partial charge in [0.25, 0.3) is 0 Å². The number of benzene rings is 2. The van der Waals surface area contributed by atoms with Gasteiger partial charge >= 0.3 is 0 Å². The number of nitrogens with two attached hydrogens (primary N) is 2. The summed E-state index contributed by atoms with van der Waals surface area (Å²) in [4.78, 5) is 0. The number of rotatable bonds is 2. The SMILES string of the molecule is Nc1ccc(C23CCC2(c2ccc(N)cc2)CC3)cc1. The second-order valence-electron chi connectivity index (χ2n) is 6.41. The van der Waals surface area contributed by atoms with Gasteiger partial charge in [-0.1, -0.05) is 24.3 Å². The van der Waals surface area contributed by atoms with Crippen LogP contribution in [0.4, 0.5) is 11.4 Å². The van der Waals surface area contributed by atoms with Gasteiger partial charge in [0.1, 0.15) is 0 Å². The first kappa shape index (κ1) is 11.8. The van der Waals surface area contributed by atoms with E-state index < -0.39 is 0 Å². The van der Waals surface area contributed by atoms with Gasteiger partial charge in [-0.2, -0.15) is 0 Å². The third kappa shape index (κ3) is 1.29. The van der Waals surface area contributed by atoms with Crippen LogP contribution in [-0.4, -0.2) is 0 Å². The first-order chi connectivity index (χ1) is 9.66. The maximum atomic E-state index is 5.83. The van der Waals surface area contributed by atoms with E-state index in [0.717, 1.165) is 11.4 Å². The van der Waals surface area contributed by atoms with Crippen LogP contribution in [0.2, 0.25) is 0 Å². The molecular weight excluding hydrogens is 244 g/mol. The molecule has 0 bridgehead atoms. The van der Waals surface area contributed by atoms with Crippen molar-refractivity contribution in [2.75, 3.05) is 11.5 Å². The molecule has 102 valence electrons. The van der Waals surface area contributed by atoms with E-state index >= 15 is 0 Å². The summed E-state index contributed by atoms with van der Waals surface area (Å²) in [5.74, 6) is 0.